The van der Waals surface area contributed by atoms with Gasteiger partial charge in [-0.15, -0.1) is 21.5 Å². The zero-order chi connectivity index (χ0) is 16.2. The average Bonchev–Trinajstić information content (AvgIpc) is 3.26. The number of rotatable bonds is 6. The fraction of sp³-hybridized carbons (Fsp3) is 0.143. The zero-order valence-electron chi connectivity index (χ0n) is 12.0. The number of ketones is 1. The fourth-order valence-electron chi connectivity index (χ4n) is 1.74. The number of anilines is 1. The van der Waals surface area contributed by atoms with Gasteiger partial charge in [-0.25, -0.2) is 0 Å². The third-order valence-corrected chi connectivity index (χ3v) is 5.96. The van der Waals surface area contributed by atoms with Crippen molar-refractivity contribution < 1.29 is 9.59 Å². The van der Waals surface area contributed by atoms with Crippen LogP contribution in [0.4, 0.5) is 5.13 Å². The second-order valence-corrected chi connectivity index (χ2v) is 7.79. The minimum Gasteiger partial charge on any atom is -0.356 e. The van der Waals surface area contributed by atoms with E-state index < -0.39 is 0 Å². The van der Waals surface area contributed by atoms with Crippen LogP contribution in [-0.2, 0) is 5.75 Å². The molecule has 3 aromatic rings. The molecule has 0 aliphatic heterocycles. The van der Waals surface area contributed by atoms with Crippen LogP contribution in [0.2, 0.25) is 0 Å². The van der Waals surface area contributed by atoms with Crippen molar-refractivity contribution in [2.75, 3.05) is 5.32 Å². The maximum absolute atomic E-state index is 12.1. The molecule has 0 radical (unpaired) electrons. The van der Waals surface area contributed by atoms with Gasteiger partial charge in [0.1, 0.15) is 5.69 Å². The predicted octanol–water partition coefficient (Wildman–Crippen LogP) is 3.67. The summed E-state index contributed by atoms with van der Waals surface area (Å²) in [6.45, 7) is 1.45. The van der Waals surface area contributed by atoms with Crippen LogP contribution >= 0.6 is 34.4 Å². The number of thiophene rings is 1. The minimum atomic E-state index is -0.344. The van der Waals surface area contributed by atoms with Crippen molar-refractivity contribution >= 4 is 51.3 Å². The highest BCUT2D eigenvalue weighted by atomic mass is 32.2. The van der Waals surface area contributed by atoms with Gasteiger partial charge in [0, 0.05) is 22.4 Å². The van der Waals surface area contributed by atoms with Crippen molar-refractivity contribution in [3.05, 3.63) is 45.9 Å². The van der Waals surface area contributed by atoms with E-state index in [1.54, 1.807) is 23.1 Å². The summed E-state index contributed by atoms with van der Waals surface area (Å²) in [4.78, 5) is 27.4. The molecule has 9 heteroatoms. The first-order valence-corrected chi connectivity index (χ1v) is 9.29. The van der Waals surface area contributed by atoms with E-state index in [0.29, 0.717) is 16.4 Å². The van der Waals surface area contributed by atoms with Gasteiger partial charge in [0.25, 0.3) is 5.91 Å². The highest BCUT2D eigenvalue weighted by Gasteiger charge is 2.13. The van der Waals surface area contributed by atoms with Gasteiger partial charge in [-0.1, -0.05) is 29.2 Å². The standard InChI is InChI=1S/C14H12N4O2S3/c1-8(19)9-5-11(15-6-9)12(20)16-13-17-18-14(23-13)22-7-10-3-2-4-21-10/h2-6,15H,7H2,1H3,(H,16,17,20). The molecule has 3 heterocycles. The third-order valence-electron chi connectivity index (χ3n) is 2.88. The molecule has 0 atom stereocenters. The summed E-state index contributed by atoms with van der Waals surface area (Å²) in [5.74, 6) is 0.394. The number of H-pyrrole nitrogens is 1. The van der Waals surface area contributed by atoms with Gasteiger partial charge < -0.3 is 4.98 Å². The summed E-state index contributed by atoms with van der Waals surface area (Å²) in [6.07, 6.45) is 1.51. The largest absolute Gasteiger partial charge is 0.356 e. The van der Waals surface area contributed by atoms with Gasteiger partial charge in [-0.3, -0.25) is 14.9 Å². The molecule has 0 saturated heterocycles. The van der Waals surface area contributed by atoms with Crippen molar-refractivity contribution in [1.82, 2.24) is 15.2 Å². The summed E-state index contributed by atoms with van der Waals surface area (Å²) in [6, 6.07) is 5.60. The molecule has 23 heavy (non-hydrogen) atoms. The van der Waals surface area contributed by atoms with Gasteiger partial charge in [-0.2, -0.15) is 0 Å². The Bertz CT molecular complexity index is 823. The normalized spacial score (nSPS) is 10.7. The van der Waals surface area contributed by atoms with Crippen molar-refractivity contribution in [1.29, 1.82) is 0 Å². The summed E-state index contributed by atoms with van der Waals surface area (Å²) >= 11 is 4.60. The van der Waals surface area contributed by atoms with E-state index in [2.05, 4.69) is 26.6 Å². The summed E-state index contributed by atoms with van der Waals surface area (Å²) in [5, 5.41) is 13.2. The van der Waals surface area contributed by atoms with E-state index in [-0.39, 0.29) is 11.7 Å². The Morgan fingerprint density at radius 3 is 2.96 bits per heavy atom. The molecule has 3 rings (SSSR count). The number of thioether (sulfide) groups is 1. The highest BCUT2D eigenvalue weighted by molar-refractivity contribution is 8.00. The van der Waals surface area contributed by atoms with Crippen LogP contribution in [0.5, 0.6) is 0 Å². The van der Waals surface area contributed by atoms with Crippen LogP contribution in [-0.4, -0.2) is 26.9 Å². The van der Waals surface area contributed by atoms with E-state index in [4.69, 9.17) is 0 Å². The molecule has 6 nitrogen and oxygen atoms in total. The topological polar surface area (TPSA) is 87.7 Å². The molecule has 3 aromatic heterocycles. The quantitative estimate of drug-likeness (QED) is 0.396. The summed E-state index contributed by atoms with van der Waals surface area (Å²) < 4.78 is 0.796. The average molecular weight is 364 g/mol. The Morgan fingerprint density at radius 2 is 2.26 bits per heavy atom. The van der Waals surface area contributed by atoms with Gasteiger partial charge in [0.15, 0.2) is 10.1 Å². The predicted molar refractivity (Wildman–Crippen MR) is 92.5 cm³/mol. The maximum Gasteiger partial charge on any atom is 0.273 e. The van der Waals surface area contributed by atoms with Crippen LogP contribution in [0.3, 0.4) is 0 Å². The lowest BCUT2D eigenvalue weighted by atomic mass is 10.2. The summed E-state index contributed by atoms with van der Waals surface area (Å²) in [7, 11) is 0. The van der Waals surface area contributed by atoms with Gasteiger partial charge in [0.05, 0.1) is 0 Å². The van der Waals surface area contributed by atoms with Gasteiger partial charge in [0.2, 0.25) is 5.13 Å². The monoisotopic (exact) mass is 364 g/mol. The van der Waals surface area contributed by atoms with E-state index in [0.717, 1.165) is 10.1 Å². The first-order valence-electron chi connectivity index (χ1n) is 6.61. The van der Waals surface area contributed by atoms with Crippen LogP contribution in [0, 0.1) is 0 Å². The van der Waals surface area contributed by atoms with Crippen molar-refractivity contribution in [3.8, 4) is 0 Å². The van der Waals surface area contributed by atoms with Crippen LogP contribution < -0.4 is 5.32 Å². The molecule has 1 amide bonds. The van der Waals surface area contributed by atoms with E-state index >= 15 is 0 Å². The van der Waals surface area contributed by atoms with E-state index in [1.165, 1.54) is 35.4 Å². The lowest BCUT2D eigenvalue weighted by molar-refractivity contribution is 0.101. The van der Waals surface area contributed by atoms with Gasteiger partial charge in [-0.05, 0) is 24.4 Å². The Labute approximate surface area is 144 Å². The second-order valence-electron chi connectivity index (χ2n) is 4.55. The third kappa shape index (κ3) is 4.06. The molecular formula is C14H12N4O2S3. The number of Topliss-reactive ketones (excluding diaryl/α,β-unsaturated/α-hetero) is 1. The number of aromatic amines is 1. The molecule has 2 N–H and O–H groups in total. The number of carbonyl (C=O) groups is 2. The molecule has 0 fully saturated rings. The van der Waals surface area contributed by atoms with E-state index in [9.17, 15) is 9.59 Å². The number of hydrogen-bond acceptors (Lipinski definition) is 7. The van der Waals surface area contributed by atoms with Crippen molar-refractivity contribution in [3.63, 3.8) is 0 Å². The molecule has 0 aliphatic carbocycles. The highest BCUT2D eigenvalue weighted by Crippen LogP contribution is 2.29. The molecular weight excluding hydrogens is 352 g/mol. The Balaban J connectivity index is 1.59. The molecule has 118 valence electrons. The molecule has 0 aromatic carbocycles. The van der Waals surface area contributed by atoms with Crippen LogP contribution in [0.1, 0.15) is 32.6 Å². The Morgan fingerprint density at radius 1 is 1.39 bits per heavy atom. The molecule has 0 unspecified atom stereocenters. The number of amides is 1. The fourth-order valence-corrected chi connectivity index (χ4v) is 4.26. The minimum absolute atomic E-state index is 0.0940. The lowest BCUT2D eigenvalue weighted by Gasteiger charge is -1.97. The van der Waals surface area contributed by atoms with E-state index in [1.807, 2.05) is 11.4 Å². The number of nitrogens with one attached hydrogen (secondary N) is 2. The zero-order valence-corrected chi connectivity index (χ0v) is 14.5. The Kier molecular flexibility index (Phi) is 4.89. The second kappa shape index (κ2) is 7.07. The SMILES string of the molecule is CC(=O)c1c[nH]c(C(=O)Nc2nnc(SCc3cccs3)s2)c1. The molecule has 0 saturated carbocycles. The lowest BCUT2D eigenvalue weighted by Crippen LogP contribution is -2.11. The van der Waals surface area contributed by atoms with Crippen LogP contribution in [0.25, 0.3) is 0 Å². The maximum atomic E-state index is 12.1. The number of hydrogen-bond donors (Lipinski definition) is 2. The molecule has 0 spiro atoms. The smallest absolute Gasteiger partial charge is 0.273 e. The number of carbonyl (C=O) groups excluding carboxylic acids is 2. The van der Waals surface area contributed by atoms with Crippen molar-refractivity contribution in [2.24, 2.45) is 0 Å². The molecule has 0 aliphatic rings. The summed E-state index contributed by atoms with van der Waals surface area (Å²) in [5.41, 5.74) is 0.790. The van der Waals surface area contributed by atoms with Crippen LogP contribution in [0.15, 0.2) is 34.1 Å². The van der Waals surface area contributed by atoms with Crippen molar-refractivity contribution in [2.45, 2.75) is 17.0 Å². The first kappa shape index (κ1) is 15.9. The molecule has 0 bridgehead atoms. The Hall–Kier alpha value is -1.97. The number of aromatic nitrogens is 3. The first-order chi connectivity index (χ1) is 11.1. The number of nitrogens with zero attached hydrogens (tertiary/aromatic N) is 2. The van der Waals surface area contributed by atoms with Gasteiger partial charge >= 0.3 is 0 Å².